The summed E-state index contributed by atoms with van der Waals surface area (Å²) in [4.78, 5) is 4.40. The minimum atomic E-state index is 0. The van der Waals surface area contributed by atoms with E-state index in [1.807, 2.05) is 6.07 Å². The molecule has 0 atom stereocenters. The molecule has 0 amide bonds. The maximum absolute atomic E-state index is 5.63. The van der Waals surface area contributed by atoms with Crippen molar-refractivity contribution in [2.45, 2.75) is 33.2 Å². The highest BCUT2D eigenvalue weighted by Gasteiger charge is 2.05. The van der Waals surface area contributed by atoms with Gasteiger partial charge in [-0.25, -0.2) is 0 Å². The molecular formula is C15H24IN3O. The van der Waals surface area contributed by atoms with Crippen molar-refractivity contribution in [3.8, 4) is 5.75 Å². The minimum Gasteiger partial charge on any atom is -0.494 e. The van der Waals surface area contributed by atoms with E-state index in [-0.39, 0.29) is 24.0 Å². The van der Waals surface area contributed by atoms with Crippen molar-refractivity contribution in [2.75, 3.05) is 19.7 Å². The Hall–Kier alpha value is -0.980. The first-order valence-electron chi connectivity index (χ1n) is 7.04. The Morgan fingerprint density at radius 1 is 1.40 bits per heavy atom. The van der Waals surface area contributed by atoms with Crippen LogP contribution in [-0.2, 0) is 6.54 Å². The van der Waals surface area contributed by atoms with Gasteiger partial charge in [-0.1, -0.05) is 13.0 Å². The highest BCUT2D eigenvalue weighted by Crippen LogP contribution is 2.17. The van der Waals surface area contributed by atoms with Gasteiger partial charge in [-0.2, -0.15) is 0 Å². The summed E-state index contributed by atoms with van der Waals surface area (Å²) < 4.78 is 5.63. The number of guanidine groups is 1. The SMILES string of the molecule is CCCOc1ccc(CNC2=NCCCN2)c(C)c1.I. The number of halogens is 1. The van der Waals surface area contributed by atoms with Gasteiger partial charge in [0.15, 0.2) is 5.96 Å². The first-order valence-corrected chi connectivity index (χ1v) is 7.04. The molecule has 5 heteroatoms. The van der Waals surface area contributed by atoms with Crippen LogP contribution in [0.4, 0.5) is 0 Å². The van der Waals surface area contributed by atoms with Gasteiger partial charge >= 0.3 is 0 Å². The molecule has 0 unspecified atom stereocenters. The van der Waals surface area contributed by atoms with Crippen LogP contribution >= 0.6 is 24.0 Å². The van der Waals surface area contributed by atoms with Crippen LogP contribution in [0.15, 0.2) is 23.2 Å². The predicted molar refractivity (Wildman–Crippen MR) is 94.1 cm³/mol. The molecule has 112 valence electrons. The summed E-state index contributed by atoms with van der Waals surface area (Å²) in [6.45, 7) is 7.73. The van der Waals surface area contributed by atoms with Gasteiger partial charge in [-0.15, -0.1) is 24.0 Å². The lowest BCUT2D eigenvalue weighted by molar-refractivity contribution is 0.317. The predicted octanol–water partition coefficient (Wildman–Crippen LogP) is 2.84. The van der Waals surface area contributed by atoms with Gasteiger partial charge in [-0.05, 0) is 43.0 Å². The van der Waals surface area contributed by atoms with Crippen molar-refractivity contribution in [1.29, 1.82) is 0 Å². The number of nitrogens with zero attached hydrogens (tertiary/aromatic N) is 1. The van der Waals surface area contributed by atoms with Gasteiger partial charge in [0.25, 0.3) is 0 Å². The molecular weight excluding hydrogens is 365 g/mol. The Balaban J connectivity index is 0.00000200. The van der Waals surface area contributed by atoms with Crippen LogP contribution in [0.1, 0.15) is 30.9 Å². The molecule has 1 heterocycles. The molecule has 0 aromatic heterocycles. The van der Waals surface area contributed by atoms with E-state index in [0.29, 0.717) is 0 Å². The zero-order chi connectivity index (χ0) is 13.5. The third kappa shape index (κ3) is 5.19. The van der Waals surface area contributed by atoms with Crippen LogP contribution in [0, 0.1) is 6.92 Å². The Morgan fingerprint density at radius 3 is 2.90 bits per heavy atom. The normalized spacial score (nSPS) is 13.8. The number of hydrogen-bond acceptors (Lipinski definition) is 4. The second-order valence-corrected chi connectivity index (χ2v) is 4.80. The Kier molecular flexibility index (Phi) is 7.72. The molecule has 1 aromatic rings. The second kappa shape index (κ2) is 9.05. The first-order chi connectivity index (χ1) is 9.29. The van der Waals surface area contributed by atoms with Gasteiger partial charge in [0.05, 0.1) is 6.61 Å². The fourth-order valence-corrected chi connectivity index (χ4v) is 2.01. The Bertz CT molecular complexity index is 449. The van der Waals surface area contributed by atoms with Gasteiger partial charge in [-0.3, -0.25) is 4.99 Å². The third-order valence-electron chi connectivity index (χ3n) is 3.13. The van der Waals surface area contributed by atoms with Crippen molar-refractivity contribution in [3.05, 3.63) is 29.3 Å². The smallest absolute Gasteiger partial charge is 0.191 e. The number of nitrogens with one attached hydrogen (secondary N) is 2. The summed E-state index contributed by atoms with van der Waals surface area (Å²) in [5, 5.41) is 6.60. The van der Waals surface area contributed by atoms with Gasteiger partial charge in [0.2, 0.25) is 0 Å². The molecule has 0 fully saturated rings. The maximum atomic E-state index is 5.63. The quantitative estimate of drug-likeness (QED) is 0.762. The number of aliphatic imine (C=N–C) groups is 1. The van der Waals surface area contributed by atoms with Gasteiger partial charge in [0, 0.05) is 19.6 Å². The molecule has 0 bridgehead atoms. The standard InChI is InChI=1S/C15H23N3O.HI/c1-3-9-19-14-6-5-13(12(2)10-14)11-18-15-16-7-4-8-17-15;/h5-6,10H,3-4,7-9,11H2,1-2H3,(H2,16,17,18);1H. The van der Waals surface area contributed by atoms with E-state index in [0.717, 1.165) is 50.8 Å². The molecule has 2 N–H and O–H groups in total. The number of hydrogen-bond donors (Lipinski definition) is 2. The largest absolute Gasteiger partial charge is 0.494 e. The maximum Gasteiger partial charge on any atom is 0.191 e. The summed E-state index contributed by atoms with van der Waals surface area (Å²) in [5.41, 5.74) is 2.52. The second-order valence-electron chi connectivity index (χ2n) is 4.80. The van der Waals surface area contributed by atoms with E-state index in [9.17, 15) is 0 Å². The molecule has 1 aliphatic heterocycles. The molecule has 2 rings (SSSR count). The number of benzene rings is 1. The average molecular weight is 389 g/mol. The van der Waals surface area contributed by atoms with Crippen molar-refractivity contribution >= 4 is 29.9 Å². The summed E-state index contributed by atoms with van der Waals surface area (Å²) in [7, 11) is 0. The van der Waals surface area contributed by atoms with Crippen LogP contribution in [-0.4, -0.2) is 25.7 Å². The summed E-state index contributed by atoms with van der Waals surface area (Å²) in [6, 6.07) is 6.26. The number of rotatable bonds is 5. The number of ether oxygens (including phenoxy) is 1. The highest BCUT2D eigenvalue weighted by molar-refractivity contribution is 14.0. The van der Waals surface area contributed by atoms with E-state index < -0.39 is 0 Å². The highest BCUT2D eigenvalue weighted by atomic mass is 127. The van der Waals surface area contributed by atoms with E-state index in [2.05, 4.69) is 41.6 Å². The molecule has 0 spiro atoms. The summed E-state index contributed by atoms with van der Waals surface area (Å²) in [5.74, 6) is 1.87. The zero-order valence-corrected chi connectivity index (χ0v) is 14.6. The lowest BCUT2D eigenvalue weighted by atomic mass is 10.1. The topological polar surface area (TPSA) is 45.6 Å². The van der Waals surface area contributed by atoms with Crippen LogP contribution in [0.5, 0.6) is 5.75 Å². The van der Waals surface area contributed by atoms with Crippen molar-refractivity contribution in [1.82, 2.24) is 10.6 Å². The molecule has 1 aromatic carbocycles. The van der Waals surface area contributed by atoms with Crippen molar-refractivity contribution in [3.63, 3.8) is 0 Å². The first kappa shape index (κ1) is 17.1. The average Bonchev–Trinajstić information content (AvgIpc) is 2.45. The monoisotopic (exact) mass is 389 g/mol. The van der Waals surface area contributed by atoms with E-state index in [4.69, 9.17) is 4.74 Å². The van der Waals surface area contributed by atoms with E-state index in [1.54, 1.807) is 0 Å². The fourth-order valence-electron chi connectivity index (χ4n) is 2.01. The van der Waals surface area contributed by atoms with Crippen LogP contribution in [0.3, 0.4) is 0 Å². The lowest BCUT2D eigenvalue weighted by Crippen LogP contribution is -2.40. The molecule has 0 saturated heterocycles. The van der Waals surface area contributed by atoms with Gasteiger partial charge < -0.3 is 15.4 Å². The summed E-state index contributed by atoms with van der Waals surface area (Å²) in [6.07, 6.45) is 2.15. The Morgan fingerprint density at radius 2 is 2.25 bits per heavy atom. The van der Waals surface area contributed by atoms with E-state index in [1.165, 1.54) is 11.1 Å². The summed E-state index contributed by atoms with van der Waals surface area (Å²) >= 11 is 0. The lowest BCUT2D eigenvalue weighted by Gasteiger charge is -2.17. The van der Waals surface area contributed by atoms with Crippen LogP contribution in [0.2, 0.25) is 0 Å². The van der Waals surface area contributed by atoms with Crippen molar-refractivity contribution in [2.24, 2.45) is 4.99 Å². The van der Waals surface area contributed by atoms with Crippen LogP contribution in [0.25, 0.3) is 0 Å². The minimum absolute atomic E-state index is 0. The van der Waals surface area contributed by atoms with Crippen molar-refractivity contribution < 1.29 is 4.74 Å². The molecule has 0 saturated carbocycles. The van der Waals surface area contributed by atoms with E-state index >= 15 is 0 Å². The fraction of sp³-hybridized carbons (Fsp3) is 0.533. The zero-order valence-electron chi connectivity index (χ0n) is 12.2. The Labute approximate surface area is 138 Å². The van der Waals surface area contributed by atoms with Crippen LogP contribution < -0.4 is 15.4 Å². The number of aryl methyl sites for hydroxylation is 1. The molecule has 1 aliphatic rings. The molecule has 0 radical (unpaired) electrons. The molecule has 20 heavy (non-hydrogen) atoms. The molecule has 4 nitrogen and oxygen atoms in total. The third-order valence-corrected chi connectivity index (χ3v) is 3.13. The molecule has 0 aliphatic carbocycles. The van der Waals surface area contributed by atoms with Gasteiger partial charge in [0.1, 0.15) is 5.75 Å².